The molecule has 4 heteroatoms. The van der Waals surface area contributed by atoms with E-state index in [1.807, 2.05) is 0 Å². The molecule has 1 aliphatic rings. The van der Waals surface area contributed by atoms with Gasteiger partial charge in [-0.1, -0.05) is 0 Å². The van der Waals surface area contributed by atoms with Crippen molar-refractivity contribution >= 4 is 5.97 Å². The second-order valence-corrected chi connectivity index (χ2v) is 2.33. The number of esters is 1. The second-order valence-electron chi connectivity index (χ2n) is 2.33. The van der Waals surface area contributed by atoms with Crippen molar-refractivity contribution < 1.29 is 14.3 Å². The van der Waals surface area contributed by atoms with Gasteiger partial charge in [0.2, 0.25) is 0 Å². The van der Waals surface area contributed by atoms with Crippen molar-refractivity contribution in [3.63, 3.8) is 0 Å². The summed E-state index contributed by atoms with van der Waals surface area (Å²) in [7, 11) is 1.35. The Bertz CT molecular complexity index is 137. The van der Waals surface area contributed by atoms with Gasteiger partial charge >= 0.3 is 5.97 Å². The summed E-state index contributed by atoms with van der Waals surface area (Å²) in [6.07, 6.45) is 0. The van der Waals surface area contributed by atoms with E-state index in [2.05, 4.69) is 4.74 Å². The van der Waals surface area contributed by atoms with Gasteiger partial charge in [0.05, 0.1) is 26.2 Å². The van der Waals surface area contributed by atoms with Crippen molar-refractivity contribution in [3.05, 3.63) is 0 Å². The number of hydrogen-bond donors (Lipinski definition) is 1. The predicted octanol–water partition coefficient (Wildman–Crippen LogP) is -0.867. The molecule has 0 aromatic heterocycles. The molecule has 0 unspecified atom stereocenters. The molecule has 1 saturated heterocycles. The molecule has 2 atom stereocenters. The van der Waals surface area contributed by atoms with Crippen molar-refractivity contribution in [1.82, 2.24) is 0 Å². The third kappa shape index (κ3) is 1.27. The van der Waals surface area contributed by atoms with Crippen LogP contribution in [0.5, 0.6) is 0 Å². The highest BCUT2D eigenvalue weighted by Gasteiger charge is 2.31. The topological polar surface area (TPSA) is 61.5 Å². The molecule has 1 rings (SSSR count). The number of ether oxygens (including phenoxy) is 2. The van der Waals surface area contributed by atoms with Crippen LogP contribution in [0.2, 0.25) is 0 Å². The summed E-state index contributed by atoms with van der Waals surface area (Å²) >= 11 is 0. The lowest BCUT2D eigenvalue weighted by molar-refractivity contribution is -0.145. The molecular weight excluding hydrogens is 134 g/mol. The number of hydrogen-bond acceptors (Lipinski definition) is 4. The molecule has 10 heavy (non-hydrogen) atoms. The first-order valence-electron chi connectivity index (χ1n) is 3.17. The molecule has 0 radical (unpaired) electrons. The molecule has 0 aromatic carbocycles. The average Bonchev–Trinajstić information content (AvgIpc) is 2.34. The molecule has 0 bridgehead atoms. The van der Waals surface area contributed by atoms with Gasteiger partial charge in [0.25, 0.3) is 0 Å². The van der Waals surface area contributed by atoms with Crippen molar-refractivity contribution in [1.29, 1.82) is 0 Å². The lowest BCUT2D eigenvalue weighted by atomic mass is 10.1. The van der Waals surface area contributed by atoms with E-state index in [4.69, 9.17) is 10.5 Å². The minimum absolute atomic E-state index is 0.188. The van der Waals surface area contributed by atoms with Crippen LogP contribution < -0.4 is 5.73 Å². The summed E-state index contributed by atoms with van der Waals surface area (Å²) < 4.78 is 9.47. The summed E-state index contributed by atoms with van der Waals surface area (Å²) in [5.41, 5.74) is 5.53. The van der Waals surface area contributed by atoms with Crippen LogP contribution in [0.25, 0.3) is 0 Å². The molecule has 0 aliphatic carbocycles. The van der Waals surface area contributed by atoms with Crippen LogP contribution >= 0.6 is 0 Å². The van der Waals surface area contributed by atoms with E-state index in [1.165, 1.54) is 7.11 Å². The second kappa shape index (κ2) is 2.98. The van der Waals surface area contributed by atoms with Gasteiger partial charge in [0, 0.05) is 6.04 Å². The van der Waals surface area contributed by atoms with E-state index in [1.54, 1.807) is 0 Å². The molecule has 58 valence electrons. The van der Waals surface area contributed by atoms with Crippen LogP contribution in [0.4, 0.5) is 0 Å². The maximum atomic E-state index is 10.8. The van der Waals surface area contributed by atoms with Gasteiger partial charge in [0.15, 0.2) is 0 Å². The van der Waals surface area contributed by atoms with Crippen LogP contribution in [0.15, 0.2) is 0 Å². The molecule has 4 nitrogen and oxygen atoms in total. The fourth-order valence-electron chi connectivity index (χ4n) is 0.965. The average molecular weight is 145 g/mol. The van der Waals surface area contributed by atoms with Gasteiger partial charge in [-0.3, -0.25) is 4.79 Å². The Morgan fingerprint density at radius 1 is 1.70 bits per heavy atom. The molecule has 0 saturated carbocycles. The number of carbonyl (C=O) groups is 1. The van der Waals surface area contributed by atoms with Gasteiger partial charge in [-0.2, -0.15) is 0 Å². The quantitative estimate of drug-likeness (QED) is 0.487. The molecular formula is C6H11NO3. The van der Waals surface area contributed by atoms with Gasteiger partial charge in [0.1, 0.15) is 0 Å². The van der Waals surface area contributed by atoms with Crippen LogP contribution in [-0.2, 0) is 14.3 Å². The van der Waals surface area contributed by atoms with Crippen molar-refractivity contribution in [3.8, 4) is 0 Å². The molecule has 1 fully saturated rings. The first-order chi connectivity index (χ1) is 4.75. The third-order valence-electron chi connectivity index (χ3n) is 1.63. The third-order valence-corrected chi connectivity index (χ3v) is 1.63. The SMILES string of the molecule is COC(=O)[C@H]1COC[C@H]1N. The molecule has 0 amide bonds. The van der Waals surface area contributed by atoms with E-state index < -0.39 is 0 Å². The molecule has 1 heterocycles. The smallest absolute Gasteiger partial charge is 0.312 e. The number of methoxy groups -OCH3 is 1. The number of rotatable bonds is 1. The van der Waals surface area contributed by atoms with E-state index in [9.17, 15) is 4.79 Å². The Labute approximate surface area is 59.3 Å². The van der Waals surface area contributed by atoms with Crippen LogP contribution in [-0.4, -0.2) is 32.3 Å². The summed E-state index contributed by atoms with van der Waals surface area (Å²) in [5.74, 6) is -0.532. The minimum atomic E-state index is -0.273. The zero-order valence-corrected chi connectivity index (χ0v) is 5.87. The standard InChI is InChI=1S/C6H11NO3/c1-9-6(8)4-2-10-3-5(4)7/h4-5H,2-3,7H2,1H3/t4-,5+/m0/s1. The highest BCUT2D eigenvalue weighted by Crippen LogP contribution is 2.12. The maximum absolute atomic E-state index is 10.8. The van der Waals surface area contributed by atoms with Crippen LogP contribution in [0, 0.1) is 5.92 Å². The Morgan fingerprint density at radius 2 is 2.40 bits per heavy atom. The van der Waals surface area contributed by atoms with E-state index >= 15 is 0 Å². The van der Waals surface area contributed by atoms with Gasteiger partial charge < -0.3 is 15.2 Å². The first-order valence-corrected chi connectivity index (χ1v) is 3.17. The summed E-state index contributed by atoms with van der Waals surface area (Å²) in [5, 5.41) is 0. The zero-order chi connectivity index (χ0) is 7.56. The van der Waals surface area contributed by atoms with Crippen molar-refractivity contribution in [2.45, 2.75) is 6.04 Å². The van der Waals surface area contributed by atoms with Crippen LogP contribution in [0.1, 0.15) is 0 Å². The monoisotopic (exact) mass is 145 g/mol. The van der Waals surface area contributed by atoms with Crippen molar-refractivity contribution in [2.75, 3.05) is 20.3 Å². The lowest BCUT2D eigenvalue weighted by Crippen LogP contribution is -2.34. The minimum Gasteiger partial charge on any atom is -0.469 e. The summed E-state index contributed by atoms with van der Waals surface area (Å²) in [4.78, 5) is 10.8. The van der Waals surface area contributed by atoms with E-state index in [-0.39, 0.29) is 17.9 Å². The van der Waals surface area contributed by atoms with Crippen LogP contribution in [0.3, 0.4) is 0 Å². The highest BCUT2D eigenvalue weighted by molar-refractivity contribution is 5.73. The van der Waals surface area contributed by atoms with E-state index in [0.717, 1.165) is 0 Å². The highest BCUT2D eigenvalue weighted by atomic mass is 16.5. The van der Waals surface area contributed by atoms with Gasteiger partial charge in [-0.25, -0.2) is 0 Å². The fraction of sp³-hybridized carbons (Fsp3) is 0.833. The van der Waals surface area contributed by atoms with Gasteiger partial charge in [-0.15, -0.1) is 0 Å². The zero-order valence-electron chi connectivity index (χ0n) is 5.87. The number of carbonyl (C=O) groups excluding carboxylic acids is 1. The lowest BCUT2D eigenvalue weighted by Gasteiger charge is -2.08. The first kappa shape index (κ1) is 7.50. The fourth-order valence-corrected chi connectivity index (χ4v) is 0.965. The molecule has 0 aromatic rings. The molecule has 2 N–H and O–H groups in total. The Hall–Kier alpha value is -0.610. The van der Waals surface area contributed by atoms with E-state index in [0.29, 0.717) is 13.2 Å². The van der Waals surface area contributed by atoms with Crippen molar-refractivity contribution in [2.24, 2.45) is 11.7 Å². The summed E-state index contributed by atoms with van der Waals surface area (Å²) in [6.45, 7) is 0.855. The molecule has 0 spiro atoms. The number of nitrogens with two attached hydrogens (primary N) is 1. The Balaban J connectivity index is 2.46. The van der Waals surface area contributed by atoms with Gasteiger partial charge in [-0.05, 0) is 0 Å². The molecule has 1 aliphatic heterocycles. The summed E-state index contributed by atoms with van der Waals surface area (Å²) in [6, 6.07) is -0.188. The Kier molecular flexibility index (Phi) is 2.24. The maximum Gasteiger partial charge on any atom is 0.312 e. The predicted molar refractivity (Wildman–Crippen MR) is 34.3 cm³/mol. The Morgan fingerprint density at radius 3 is 2.80 bits per heavy atom. The largest absolute Gasteiger partial charge is 0.469 e. The normalized spacial score (nSPS) is 32.2.